The summed E-state index contributed by atoms with van der Waals surface area (Å²) in [6, 6.07) is 0.827. The Labute approximate surface area is 124 Å². The summed E-state index contributed by atoms with van der Waals surface area (Å²) in [7, 11) is -1.03. The molecule has 5 nitrogen and oxygen atoms in total. The van der Waals surface area contributed by atoms with Crippen molar-refractivity contribution < 1.29 is 8.42 Å². The van der Waals surface area contributed by atoms with Crippen LogP contribution in [0.3, 0.4) is 0 Å². The van der Waals surface area contributed by atoms with Crippen molar-refractivity contribution in [3.05, 3.63) is 0 Å². The molecule has 0 aromatic rings. The van der Waals surface area contributed by atoms with Crippen LogP contribution in [0.25, 0.3) is 0 Å². The second-order valence-corrected chi connectivity index (χ2v) is 8.04. The number of nitrogens with one attached hydrogen (secondary N) is 2. The lowest BCUT2D eigenvalue weighted by Gasteiger charge is -2.32. The van der Waals surface area contributed by atoms with E-state index in [1.54, 1.807) is 0 Å². The smallest absolute Gasteiger partial charge is 0.211 e. The number of hydrogen-bond acceptors (Lipinski definition) is 4. The lowest BCUT2D eigenvalue weighted by molar-refractivity contribution is 0.187. The monoisotopic (exact) mass is 305 g/mol. The van der Waals surface area contributed by atoms with Gasteiger partial charge in [-0.1, -0.05) is 20.3 Å². The molecular formula is C14H31N3O2S. The van der Waals surface area contributed by atoms with Crippen LogP contribution in [0.2, 0.25) is 0 Å². The van der Waals surface area contributed by atoms with Crippen LogP contribution in [-0.4, -0.2) is 57.8 Å². The average molecular weight is 305 g/mol. The molecule has 1 saturated heterocycles. The molecule has 2 N–H and O–H groups in total. The van der Waals surface area contributed by atoms with E-state index in [0.717, 1.165) is 32.4 Å². The number of piperidine rings is 1. The third-order valence-electron chi connectivity index (χ3n) is 3.85. The number of rotatable bonds is 9. The Bertz CT molecular complexity index is 357. The van der Waals surface area contributed by atoms with Crippen molar-refractivity contribution in [2.24, 2.45) is 0 Å². The van der Waals surface area contributed by atoms with Gasteiger partial charge in [-0.3, -0.25) is 0 Å². The summed E-state index contributed by atoms with van der Waals surface area (Å²) in [6.07, 6.45) is 5.15. The minimum atomic E-state index is -3.11. The number of likely N-dealkylation sites (tertiary alicyclic amines) is 1. The Morgan fingerprint density at radius 1 is 1.25 bits per heavy atom. The van der Waals surface area contributed by atoms with Gasteiger partial charge in [0, 0.05) is 18.6 Å². The highest BCUT2D eigenvalue weighted by atomic mass is 32.2. The van der Waals surface area contributed by atoms with E-state index in [0.29, 0.717) is 18.6 Å². The number of hydrogen-bond donors (Lipinski definition) is 2. The highest BCUT2D eigenvalue weighted by Gasteiger charge is 2.20. The summed E-state index contributed by atoms with van der Waals surface area (Å²) in [4.78, 5) is 2.26. The maximum atomic E-state index is 11.9. The summed E-state index contributed by atoms with van der Waals surface area (Å²) < 4.78 is 26.6. The largest absolute Gasteiger partial charge is 0.315 e. The summed E-state index contributed by atoms with van der Waals surface area (Å²) in [5.41, 5.74) is 0. The number of nitrogens with zero attached hydrogens (tertiary/aromatic N) is 1. The zero-order valence-corrected chi connectivity index (χ0v) is 14.0. The molecule has 1 unspecified atom stereocenters. The van der Waals surface area contributed by atoms with E-state index < -0.39 is 10.0 Å². The molecule has 0 saturated carbocycles. The van der Waals surface area contributed by atoms with Gasteiger partial charge in [0.15, 0.2) is 0 Å². The zero-order chi connectivity index (χ0) is 15.0. The fourth-order valence-electron chi connectivity index (χ4n) is 2.51. The van der Waals surface area contributed by atoms with Crippen molar-refractivity contribution in [2.45, 2.75) is 58.0 Å². The SMILES string of the molecule is CC(C)NCCCCS(=O)(=O)NCC1CCCCN1C. The lowest BCUT2D eigenvalue weighted by atomic mass is 10.0. The van der Waals surface area contributed by atoms with Crippen LogP contribution in [0.5, 0.6) is 0 Å². The van der Waals surface area contributed by atoms with Gasteiger partial charge in [0.2, 0.25) is 10.0 Å². The Morgan fingerprint density at radius 2 is 2.00 bits per heavy atom. The summed E-state index contributed by atoms with van der Waals surface area (Å²) in [5, 5.41) is 3.30. The predicted octanol–water partition coefficient (Wildman–Crippen LogP) is 1.17. The van der Waals surface area contributed by atoms with Crippen LogP contribution >= 0.6 is 0 Å². The Kier molecular flexibility index (Phi) is 8.02. The van der Waals surface area contributed by atoms with Gasteiger partial charge in [0.25, 0.3) is 0 Å². The maximum Gasteiger partial charge on any atom is 0.211 e. The van der Waals surface area contributed by atoms with Crippen LogP contribution in [0.4, 0.5) is 0 Å². The standard InChI is InChI=1S/C14H31N3O2S/c1-13(2)15-9-5-7-11-20(18,19)16-12-14-8-4-6-10-17(14)3/h13-16H,4-12H2,1-3H3. The number of unbranched alkanes of at least 4 members (excludes halogenated alkanes) is 1. The van der Waals surface area contributed by atoms with Gasteiger partial charge in [-0.05, 0) is 45.8 Å². The summed E-state index contributed by atoms with van der Waals surface area (Å²) in [6.45, 7) is 6.72. The molecule has 0 aromatic carbocycles. The first-order valence-corrected chi connectivity index (χ1v) is 9.47. The maximum absolute atomic E-state index is 11.9. The Morgan fingerprint density at radius 3 is 2.65 bits per heavy atom. The highest BCUT2D eigenvalue weighted by molar-refractivity contribution is 7.89. The molecule has 0 radical (unpaired) electrons. The van der Waals surface area contributed by atoms with Gasteiger partial charge in [0.1, 0.15) is 0 Å². The normalized spacial score (nSPS) is 21.5. The molecular weight excluding hydrogens is 274 g/mol. The minimum Gasteiger partial charge on any atom is -0.315 e. The molecule has 0 spiro atoms. The van der Waals surface area contributed by atoms with E-state index in [4.69, 9.17) is 0 Å². The molecule has 20 heavy (non-hydrogen) atoms. The van der Waals surface area contributed by atoms with Crippen molar-refractivity contribution in [3.8, 4) is 0 Å². The van der Waals surface area contributed by atoms with Gasteiger partial charge in [-0.2, -0.15) is 0 Å². The first kappa shape index (κ1) is 17.9. The Hall–Kier alpha value is -0.170. The molecule has 1 aliphatic rings. The third kappa shape index (κ3) is 7.57. The fourth-order valence-corrected chi connectivity index (χ4v) is 3.68. The molecule has 1 heterocycles. The van der Waals surface area contributed by atoms with E-state index in [9.17, 15) is 8.42 Å². The van der Waals surface area contributed by atoms with E-state index >= 15 is 0 Å². The Balaban J connectivity index is 2.17. The quantitative estimate of drug-likeness (QED) is 0.628. The number of sulfonamides is 1. The zero-order valence-electron chi connectivity index (χ0n) is 13.2. The van der Waals surface area contributed by atoms with Gasteiger partial charge < -0.3 is 10.2 Å². The molecule has 0 aromatic heterocycles. The van der Waals surface area contributed by atoms with Gasteiger partial charge in [-0.25, -0.2) is 13.1 Å². The molecule has 0 amide bonds. The van der Waals surface area contributed by atoms with E-state index in [1.807, 2.05) is 0 Å². The molecule has 0 aliphatic carbocycles. The molecule has 6 heteroatoms. The molecule has 120 valence electrons. The second kappa shape index (κ2) is 8.97. The fraction of sp³-hybridized carbons (Fsp3) is 1.00. The lowest BCUT2D eigenvalue weighted by Crippen LogP contribution is -2.45. The van der Waals surface area contributed by atoms with Crippen LogP contribution in [0.15, 0.2) is 0 Å². The number of likely N-dealkylation sites (N-methyl/N-ethyl adjacent to an activating group) is 1. The second-order valence-electron chi connectivity index (χ2n) is 6.11. The highest BCUT2D eigenvalue weighted by Crippen LogP contribution is 2.14. The van der Waals surface area contributed by atoms with Gasteiger partial charge in [0.05, 0.1) is 5.75 Å². The molecule has 0 bridgehead atoms. The van der Waals surface area contributed by atoms with E-state index in [-0.39, 0.29) is 5.75 Å². The van der Waals surface area contributed by atoms with Crippen LogP contribution < -0.4 is 10.0 Å². The first-order valence-electron chi connectivity index (χ1n) is 7.81. The van der Waals surface area contributed by atoms with Crippen LogP contribution in [0, 0.1) is 0 Å². The van der Waals surface area contributed by atoms with E-state index in [2.05, 4.69) is 35.8 Å². The van der Waals surface area contributed by atoms with Crippen molar-refractivity contribution >= 4 is 10.0 Å². The predicted molar refractivity (Wildman–Crippen MR) is 84.4 cm³/mol. The molecule has 1 atom stereocenters. The van der Waals surface area contributed by atoms with Crippen molar-refractivity contribution in [1.82, 2.24) is 14.9 Å². The van der Waals surface area contributed by atoms with Crippen LogP contribution in [0.1, 0.15) is 46.0 Å². The van der Waals surface area contributed by atoms with Crippen molar-refractivity contribution in [3.63, 3.8) is 0 Å². The topological polar surface area (TPSA) is 61.4 Å². The minimum absolute atomic E-state index is 0.239. The van der Waals surface area contributed by atoms with Crippen LogP contribution in [-0.2, 0) is 10.0 Å². The van der Waals surface area contributed by atoms with Gasteiger partial charge in [-0.15, -0.1) is 0 Å². The van der Waals surface area contributed by atoms with E-state index in [1.165, 1.54) is 12.8 Å². The summed E-state index contributed by atoms with van der Waals surface area (Å²) in [5.74, 6) is 0.239. The van der Waals surface area contributed by atoms with Gasteiger partial charge >= 0.3 is 0 Å². The first-order chi connectivity index (χ1) is 9.41. The third-order valence-corrected chi connectivity index (χ3v) is 5.29. The van der Waals surface area contributed by atoms with Crippen molar-refractivity contribution in [1.29, 1.82) is 0 Å². The average Bonchev–Trinajstić information content (AvgIpc) is 2.37. The molecule has 1 fully saturated rings. The molecule has 1 aliphatic heterocycles. The molecule has 1 rings (SSSR count). The van der Waals surface area contributed by atoms with Crippen molar-refractivity contribution in [2.75, 3.05) is 32.4 Å². The summed E-state index contributed by atoms with van der Waals surface area (Å²) >= 11 is 0.